The molecule has 3 nitrogen and oxygen atoms in total. The number of ether oxygens (including phenoxy) is 1. The van der Waals surface area contributed by atoms with Crippen LogP contribution >= 0.6 is 12.4 Å². The summed E-state index contributed by atoms with van der Waals surface area (Å²) in [6, 6.07) is 0. The summed E-state index contributed by atoms with van der Waals surface area (Å²) in [6.07, 6.45) is 0. The molecule has 0 saturated heterocycles. The minimum atomic E-state index is -0.597. The van der Waals surface area contributed by atoms with Gasteiger partial charge in [0, 0.05) is 7.11 Å². The second kappa shape index (κ2) is 3.69. The van der Waals surface area contributed by atoms with E-state index in [2.05, 4.69) is 0 Å². The fourth-order valence-electron chi connectivity index (χ4n) is 0.110. The predicted molar refractivity (Wildman–Crippen MR) is 40.3 cm³/mol. The molecule has 0 saturated carbocycles. The molecule has 0 aliphatic rings. The van der Waals surface area contributed by atoms with E-state index in [1.165, 1.54) is 7.11 Å². The van der Waals surface area contributed by atoms with Crippen LogP contribution in [-0.2, 0) is 4.74 Å². The molecule has 56 valence electrons. The molecular weight excluding hydrogens is 140 g/mol. The first-order valence-electron chi connectivity index (χ1n) is 2.40. The smallest absolute Gasteiger partial charge is 0.123 e. The summed E-state index contributed by atoms with van der Waals surface area (Å²) >= 11 is 0. The van der Waals surface area contributed by atoms with E-state index in [-0.39, 0.29) is 18.2 Å². The SMILES string of the molecule is COC(C)(C)C(=N)N.Cl. The topological polar surface area (TPSA) is 59.1 Å². The Morgan fingerprint density at radius 3 is 1.89 bits per heavy atom. The van der Waals surface area contributed by atoms with E-state index < -0.39 is 5.60 Å². The maximum atomic E-state index is 6.95. The van der Waals surface area contributed by atoms with E-state index in [0.717, 1.165) is 0 Å². The van der Waals surface area contributed by atoms with Crippen LogP contribution in [0.3, 0.4) is 0 Å². The van der Waals surface area contributed by atoms with Crippen LogP contribution in [0.15, 0.2) is 0 Å². The van der Waals surface area contributed by atoms with Crippen LogP contribution in [0.2, 0.25) is 0 Å². The van der Waals surface area contributed by atoms with E-state index in [0.29, 0.717) is 0 Å². The number of hydrogen-bond acceptors (Lipinski definition) is 2. The van der Waals surface area contributed by atoms with Gasteiger partial charge in [-0.05, 0) is 13.8 Å². The average Bonchev–Trinajstić information content (AvgIpc) is 1.67. The molecule has 0 aromatic carbocycles. The third-order valence-electron chi connectivity index (χ3n) is 1.16. The highest BCUT2D eigenvalue weighted by Crippen LogP contribution is 2.04. The number of rotatable bonds is 2. The van der Waals surface area contributed by atoms with Crippen molar-refractivity contribution < 1.29 is 4.74 Å². The molecule has 0 spiro atoms. The first kappa shape index (κ1) is 11.5. The quantitative estimate of drug-likeness (QED) is 0.454. The van der Waals surface area contributed by atoms with Crippen molar-refractivity contribution in [2.45, 2.75) is 19.4 Å². The number of halogens is 1. The summed E-state index contributed by atoms with van der Waals surface area (Å²) in [5.74, 6) is 0.0556. The molecule has 0 unspecified atom stereocenters. The summed E-state index contributed by atoms with van der Waals surface area (Å²) in [7, 11) is 1.53. The number of nitrogens with one attached hydrogen (secondary N) is 1. The fourth-order valence-corrected chi connectivity index (χ4v) is 0.110. The van der Waals surface area contributed by atoms with Crippen molar-refractivity contribution in [2.24, 2.45) is 5.73 Å². The van der Waals surface area contributed by atoms with Gasteiger partial charge in [-0.15, -0.1) is 12.4 Å². The van der Waals surface area contributed by atoms with E-state index in [1.54, 1.807) is 13.8 Å². The molecule has 0 aromatic rings. The van der Waals surface area contributed by atoms with Gasteiger partial charge in [-0.25, -0.2) is 0 Å². The lowest BCUT2D eigenvalue weighted by atomic mass is 10.1. The Kier molecular flexibility index (Phi) is 4.72. The van der Waals surface area contributed by atoms with E-state index in [4.69, 9.17) is 15.9 Å². The van der Waals surface area contributed by atoms with E-state index >= 15 is 0 Å². The summed E-state index contributed by atoms with van der Waals surface area (Å²) < 4.78 is 4.85. The Labute approximate surface area is 61.5 Å². The van der Waals surface area contributed by atoms with Gasteiger partial charge in [-0.1, -0.05) is 0 Å². The summed E-state index contributed by atoms with van der Waals surface area (Å²) in [5.41, 5.74) is 4.54. The van der Waals surface area contributed by atoms with Crippen molar-refractivity contribution >= 4 is 18.2 Å². The van der Waals surface area contributed by atoms with Crippen LogP contribution in [0.1, 0.15) is 13.8 Å². The Balaban J connectivity index is 0. The van der Waals surface area contributed by atoms with Gasteiger partial charge in [-0.3, -0.25) is 5.41 Å². The standard InChI is InChI=1S/C5H12N2O.ClH/c1-5(2,8-3)4(6)7;/h1-3H3,(H3,6,7);1H. The summed E-state index contributed by atoms with van der Waals surface area (Å²) in [4.78, 5) is 0. The maximum absolute atomic E-state index is 6.95. The van der Waals surface area contributed by atoms with Crippen molar-refractivity contribution in [1.82, 2.24) is 0 Å². The maximum Gasteiger partial charge on any atom is 0.123 e. The first-order valence-corrected chi connectivity index (χ1v) is 2.40. The zero-order chi connectivity index (χ0) is 6.78. The van der Waals surface area contributed by atoms with Crippen molar-refractivity contribution in [1.29, 1.82) is 5.41 Å². The highest BCUT2D eigenvalue weighted by Gasteiger charge is 2.19. The highest BCUT2D eigenvalue weighted by molar-refractivity contribution is 5.85. The number of nitrogens with two attached hydrogens (primary N) is 1. The predicted octanol–water partition coefficient (Wildman–Crippen LogP) is 0.769. The normalized spacial score (nSPS) is 10.1. The van der Waals surface area contributed by atoms with Gasteiger partial charge < -0.3 is 10.5 Å². The molecule has 0 rings (SSSR count). The second-order valence-electron chi connectivity index (χ2n) is 2.13. The van der Waals surface area contributed by atoms with Crippen molar-refractivity contribution in [3.05, 3.63) is 0 Å². The van der Waals surface area contributed by atoms with Crippen molar-refractivity contribution in [2.75, 3.05) is 7.11 Å². The molecule has 0 fully saturated rings. The molecule has 0 heterocycles. The van der Waals surface area contributed by atoms with E-state index in [9.17, 15) is 0 Å². The lowest BCUT2D eigenvalue weighted by molar-refractivity contribution is 0.0810. The average molecular weight is 153 g/mol. The Morgan fingerprint density at radius 1 is 1.56 bits per heavy atom. The molecule has 0 radical (unpaired) electrons. The van der Waals surface area contributed by atoms with Crippen LogP contribution in [0, 0.1) is 5.41 Å². The van der Waals surface area contributed by atoms with Crippen LogP contribution in [0.4, 0.5) is 0 Å². The zero-order valence-corrected chi connectivity index (χ0v) is 6.71. The van der Waals surface area contributed by atoms with E-state index in [1.807, 2.05) is 0 Å². The van der Waals surface area contributed by atoms with Gasteiger partial charge in [0.1, 0.15) is 11.4 Å². The Hall–Kier alpha value is -0.280. The van der Waals surface area contributed by atoms with Gasteiger partial charge in [0.25, 0.3) is 0 Å². The van der Waals surface area contributed by atoms with Crippen LogP contribution in [0.25, 0.3) is 0 Å². The molecule has 4 heteroatoms. The number of amidine groups is 1. The third kappa shape index (κ3) is 3.32. The molecule has 0 bridgehead atoms. The van der Waals surface area contributed by atoms with Crippen LogP contribution in [-0.4, -0.2) is 18.5 Å². The largest absolute Gasteiger partial charge is 0.385 e. The molecule has 3 N–H and O–H groups in total. The monoisotopic (exact) mass is 152 g/mol. The third-order valence-corrected chi connectivity index (χ3v) is 1.16. The van der Waals surface area contributed by atoms with Crippen molar-refractivity contribution in [3.63, 3.8) is 0 Å². The van der Waals surface area contributed by atoms with Gasteiger partial charge in [0.05, 0.1) is 0 Å². The Bertz CT molecular complexity index is 103. The number of hydrogen-bond donors (Lipinski definition) is 2. The lowest BCUT2D eigenvalue weighted by Gasteiger charge is -2.19. The zero-order valence-electron chi connectivity index (χ0n) is 5.89. The van der Waals surface area contributed by atoms with Crippen LogP contribution < -0.4 is 5.73 Å². The molecular formula is C5H13ClN2O. The summed E-state index contributed by atoms with van der Waals surface area (Å²) in [6.45, 7) is 3.49. The van der Waals surface area contributed by atoms with Gasteiger partial charge in [0.2, 0.25) is 0 Å². The molecule has 0 aliphatic heterocycles. The van der Waals surface area contributed by atoms with Gasteiger partial charge in [-0.2, -0.15) is 0 Å². The minimum Gasteiger partial charge on any atom is -0.385 e. The molecule has 0 amide bonds. The fraction of sp³-hybridized carbons (Fsp3) is 0.800. The van der Waals surface area contributed by atoms with Gasteiger partial charge in [0.15, 0.2) is 0 Å². The molecule has 0 aromatic heterocycles. The van der Waals surface area contributed by atoms with Gasteiger partial charge >= 0.3 is 0 Å². The highest BCUT2D eigenvalue weighted by atomic mass is 35.5. The van der Waals surface area contributed by atoms with Crippen molar-refractivity contribution in [3.8, 4) is 0 Å². The van der Waals surface area contributed by atoms with Crippen LogP contribution in [0.5, 0.6) is 0 Å². The lowest BCUT2D eigenvalue weighted by Crippen LogP contribution is -2.38. The second-order valence-corrected chi connectivity index (χ2v) is 2.13. The number of methoxy groups -OCH3 is 1. The molecule has 0 aliphatic carbocycles. The minimum absolute atomic E-state index is 0. The molecule has 9 heavy (non-hydrogen) atoms. The molecule has 0 atom stereocenters. The summed E-state index contributed by atoms with van der Waals surface area (Å²) in [5, 5.41) is 6.95. The first-order chi connectivity index (χ1) is 3.50. The Morgan fingerprint density at radius 2 is 1.89 bits per heavy atom.